The van der Waals surface area contributed by atoms with Crippen LogP contribution < -0.4 is 0 Å². The smallest absolute Gasteiger partial charge is 0.262 e. The Kier molecular flexibility index (Phi) is 3.12. The van der Waals surface area contributed by atoms with Crippen molar-refractivity contribution >= 4 is 11.8 Å². The van der Waals surface area contributed by atoms with Gasteiger partial charge in [-0.3, -0.25) is 14.5 Å². The zero-order valence-electron chi connectivity index (χ0n) is 9.74. The van der Waals surface area contributed by atoms with E-state index in [0.717, 1.165) is 4.90 Å². The molecule has 0 saturated heterocycles. The number of carbonyl (C=O) groups is 2. The molecule has 4 heteroatoms. The maximum Gasteiger partial charge on any atom is 0.262 e. The van der Waals surface area contributed by atoms with E-state index in [1.807, 2.05) is 0 Å². The molecule has 2 amide bonds. The Balaban J connectivity index is 2.44. The fourth-order valence-electron chi connectivity index (χ4n) is 2.02. The first-order valence-electron chi connectivity index (χ1n) is 5.52. The first kappa shape index (κ1) is 12.3. The lowest BCUT2D eigenvalue weighted by molar-refractivity contribution is 0.0502. The Morgan fingerprint density at radius 2 is 1.56 bits per heavy atom. The molecular weight excluding hydrogens is 230 g/mol. The highest BCUT2D eigenvalue weighted by molar-refractivity contribution is 6.21. The largest absolute Gasteiger partial charge is 0.387 e. The molecule has 0 spiro atoms. The van der Waals surface area contributed by atoms with E-state index in [0.29, 0.717) is 11.1 Å². The van der Waals surface area contributed by atoms with E-state index < -0.39 is 24.0 Å². The summed E-state index contributed by atoms with van der Waals surface area (Å²) in [5, 5.41) is 9.76. The molecule has 0 fully saturated rings. The molecule has 18 heavy (non-hydrogen) atoms. The Bertz CT molecular complexity index is 501. The molecule has 1 N–H and O–H groups in total. The SMILES string of the molecule is C=CC([C@@H](O)C=C)N1C(=O)c2ccccc2C1=O. The minimum Gasteiger partial charge on any atom is -0.387 e. The van der Waals surface area contributed by atoms with Gasteiger partial charge in [-0.1, -0.05) is 24.3 Å². The van der Waals surface area contributed by atoms with Gasteiger partial charge in [-0.05, 0) is 12.1 Å². The molecule has 2 rings (SSSR count). The number of nitrogens with zero attached hydrogens (tertiary/aromatic N) is 1. The number of fused-ring (bicyclic) bond motifs is 1. The Morgan fingerprint density at radius 1 is 1.06 bits per heavy atom. The van der Waals surface area contributed by atoms with Crippen LogP contribution in [0.1, 0.15) is 20.7 Å². The van der Waals surface area contributed by atoms with Gasteiger partial charge in [0.25, 0.3) is 11.8 Å². The van der Waals surface area contributed by atoms with Crippen LogP contribution in [0.3, 0.4) is 0 Å². The van der Waals surface area contributed by atoms with E-state index in [4.69, 9.17) is 0 Å². The van der Waals surface area contributed by atoms with Crippen molar-refractivity contribution < 1.29 is 14.7 Å². The molecular formula is C14H13NO3. The standard InChI is InChI=1S/C14H13NO3/c1-3-11(12(16)4-2)15-13(17)9-7-5-6-8-10(9)14(15)18/h3-8,11-12,16H,1-2H2/t11?,12-/m0/s1. The summed E-state index contributed by atoms with van der Waals surface area (Å²) >= 11 is 0. The van der Waals surface area contributed by atoms with Gasteiger partial charge in [0.2, 0.25) is 0 Å². The first-order chi connectivity index (χ1) is 8.61. The maximum atomic E-state index is 12.1. The lowest BCUT2D eigenvalue weighted by Crippen LogP contribution is -2.44. The lowest BCUT2D eigenvalue weighted by atomic mass is 10.1. The van der Waals surface area contributed by atoms with Gasteiger partial charge >= 0.3 is 0 Å². The van der Waals surface area contributed by atoms with Gasteiger partial charge in [-0.25, -0.2) is 0 Å². The molecule has 92 valence electrons. The van der Waals surface area contributed by atoms with E-state index in [1.165, 1.54) is 12.2 Å². The number of hydrogen-bond acceptors (Lipinski definition) is 3. The highest BCUT2D eigenvalue weighted by Crippen LogP contribution is 2.26. The van der Waals surface area contributed by atoms with Crippen LogP contribution in [0.25, 0.3) is 0 Å². The summed E-state index contributed by atoms with van der Waals surface area (Å²) in [6, 6.07) is 5.78. The third-order valence-corrected chi connectivity index (χ3v) is 2.96. The molecule has 2 atom stereocenters. The fraction of sp³-hybridized carbons (Fsp3) is 0.143. The van der Waals surface area contributed by atoms with Crippen LogP contribution in [0.5, 0.6) is 0 Å². The molecule has 0 radical (unpaired) electrons. The van der Waals surface area contributed by atoms with Crippen LogP contribution in [0.4, 0.5) is 0 Å². The lowest BCUT2D eigenvalue weighted by Gasteiger charge is -2.25. The third kappa shape index (κ3) is 1.67. The molecule has 0 aromatic heterocycles. The van der Waals surface area contributed by atoms with E-state index in [2.05, 4.69) is 13.2 Å². The zero-order chi connectivity index (χ0) is 13.3. The predicted octanol–water partition coefficient (Wildman–Crippen LogP) is 1.38. The van der Waals surface area contributed by atoms with Gasteiger partial charge in [0, 0.05) is 0 Å². The molecule has 0 bridgehead atoms. The van der Waals surface area contributed by atoms with E-state index >= 15 is 0 Å². The number of carbonyl (C=O) groups excluding carboxylic acids is 2. The first-order valence-corrected chi connectivity index (χ1v) is 5.52. The molecule has 1 aliphatic rings. The second-order valence-electron chi connectivity index (χ2n) is 3.98. The Morgan fingerprint density at radius 3 is 1.94 bits per heavy atom. The second kappa shape index (κ2) is 4.58. The molecule has 1 aliphatic heterocycles. The summed E-state index contributed by atoms with van der Waals surface area (Å²) in [6.07, 6.45) is 1.62. The normalized spacial score (nSPS) is 17.3. The van der Waals surface area contributed by atoms with Crippen LogP contribution in [0, 0.1) is 0 Å². The number of rotatable bonds is 4. The highest BCUT2D eigenvalue weighted by Gasteiger charge is 2.40. The number of aliphatic hydroxyl groups is 1. The number of aliphatic hydroxyl groups excluding tert-OH is 1. The second-order valence-corrected chi connectivity index (χ2v) is 3.98. The van der Waals surface area contributed by atoms with Gasteiger partial charge in [-0.2, -0.15) is 0 Å². The van der Waals surface area contributed by atoms with Crippen LogP contribution in [-0.2, 0) is 0 Å². The van der Waals surface area contributed by atoms with Crippen molar-refractivity contribution in [3.05, 3.63) is 60.7 Å². The number of amides is 2. The van der Waals surface area contributed by atoms with Gasteiger partial charge in [0.15, 0.2) is 0 Å². The van der Waals surface area contributed by atoms with E-state index in [1.54, 1.807) is 24.3 Å². The van der Waals surface area contributed by atoms with Crippen LogP contribution in [0.2, 0.25) is 0 Å². The van der Waals surface area contributed by atoms with E-state index in [9.17, 15) is 14.7 Å². The molecule has 4 nitrogen and oxygen atoms in total. The predicted molar refractivity (Wildman–Crippen MR) is 67.1 cm³/mol. The summed E-state index contributed by atoms with van der Waals surface area (Å²) in [4.78, 5) is 25.3. The van der Waals surface area contributed by atoms with E-state index in [-0.39, 0.29) is 0 Å². The van der Waals surface area contributed by atoms with Crippen molar-refractivity contribution in [2.45, 2.75) is 12.1 Å². The average Bonchev–Trinajstić information content (AvgIpc) is 2.65. The summed E-state index contributed by atoms with van der Waals surface area (Å²) in [5.41, 5.74) is 0.705. The average molecular weight is 243 g/mol. The van der Waals surface area contributed by atoms with Crippen molar-refractivity contribution in [2.75, 3.05) is 0 Å². The fourth-order valence-corrected chi connectivity index (χ4v) is 2.02. The van der Waals surface area contributed by atoms with Crippen molar-refractivity contribution in [1.82, 2.24) is 4.90 Å². The van der Waals surface area contributed by atoms with Crippen LogP contribution in [0.15, 0.2) is 49.6 Å². The molecule has 0 aliphatic carbocycles. The molecule has 1 aromatic rings. The Hall–Kier alpha value is -2.20. The third-order valence-electron chi connectivity index (χ3n) is 2.96. The van der Waals surface area contributed by atoms with Crippen molar-refractivity contribution in [3.63, 3.8) is 0 Å². The summed E-state index contributed by atoms with van der Waals surface area (Å²) in [7, 11) is 0. The minimum atomic E-state index is -1.02. The van der Waals surface area contributed by atoms with Crippen molar-refractivity contribution in [1.29, 1.82) is 0 Å². The minimum absolute atomic E-state index is 0.352. The Labute approximate surface area is 105 Å². The number of imide groups is 1. The van der Waals surface area contributed by atoms with Gasteiger partial charge in [-0.15, -0.1) is 13.2 Å². The zero-order valence-corrected chi connectivity index (χ0v) is 9.74. The van der Waals surface area contributed by atoms with Gasteiger partial charge < -0.3 is 5.11 Å². The van der Waals surface area contributed by atoms with Crippen molar-refractivity contribution in [3.8, 4) is 0 Å². The number of hydrogen-bond donors (Lipinski definition) is 1. The molecule has 1 aromatic carbocycles. The molecule has 1 unspecified atom stereocenters. The summed E-state index contributed by atoms with van der Waals surface area (Å²) < 4.78 is 0. The van der Waals surface area contributed by atoms with Gasteiger partial charge in [0.05, 0.1) is 23.3 Å². The summed E-state index contributed by atoms with van der Waals surface area (Å²) in [5.74, 6) is -0.831. The monoisotopic (exact) mass is 243 g/mol. The van der Waals surface area contributed by atoms with Crippen molar-refractivity contribution in [2.24, 2.45) is 0 Å². The number of benzene rings is 1. The highest BCUT2D eigenvalue weighted by atomic mass is 16.3. The summed E-state index contributed by atoms with van der Waals surface area (Å²) in [6.45, 7) is 7.01. The maximum absolute atomic E-state index is 12.1. The topological polar surface area (TPSA) is 57.6 Å². The van der Waals surface area contributed by atoms with Crippen LogP contribution in [-0.4, -0.2) is 34.0 Å². The quantitative estimate of drug-likeness (QED) is 0.642. The van der Waals surface area contributed by atoms with Crippen LogP contribution >= 0.6 is 0 Å². The molecule has 0 saturated carbocycles. The molecule has 1 heterocycles. The van der Waals surface area contributed by atoms with Gasteiger partial charge in [0.1, 0.15) is 0 Å².